The average molecular weight is 220 g/mol. The summed E-state index contributed by atoms with van der Waals surface area (Å²) < 4.78 is 7.07. The van der Waals surface area contributed by atoms with Gasteiger partial charge in [0.15, 0.2) is 12.4 Å². The third-order valence-electron chi connectivity index (χ3n) is 1.60. The van der Waals surface area contributed by atoms with E-state index in [1.807, 2.05) is 24.0 Å². The van der Waals surface area contributed by atoms with E-state index in [-0.39, 0.29) is 25.6 Å². The number of aliphatic hydroxyl groups is 2. The molecule has 0 aliphatic carbocycles. The van der Waals surface area contributed by atoms with Crippen molar-refractivity contribution >= 4 is 0 Å². The van der Waals surface area contributed by atoms with Crippen molar-refractivity contribution in [3.05, 3.63) is 24.5 Å². The largest absolute Gasteiger partial charge is 1.00 e. The van der Waals surface area contributed by atoms with Gasteiger partial charge in [-0.25, -0.2) is 4.57 Å². The van der Waals surface area contributed by atoms with E-state index in [1.54, 1.807) is 12.1 Å². The first kappa shape index (κ1) is 13.2. The van der Waals surface area contributed by atoms with E-state index < -0.39 is 6.10 Å². The second-order valence-corrected chi connectivity index (χ2v) is 2.85. The maximum absolute atomic E-state index is 8.99. The van der Waals surface area contributed by atoms with E-state index in [9.17, 15) is 0 Å². The van der Waals surface area contributed by atoms with Gasteiger partial charge in [0.1, 0.15) is 25.5 Å². The fraction of sp³-hybridized carbons (Fsp3) is 0.444. The zero-order valence-electron chi connectivity index (χ0n) is 7.93. The third-order valence-corrected chi connectivity index (χ3v) is 1.60. The van der Waals surface area contributed by atoms with Crippen molar-refractivity contribution in [1.82, 2.24) is 0 Å². The van der Waals surface area contributed by atoms with Gasteiger partial charge >= 0.3 is 0 Å². The van der Waals surface area contributed by atoms with Gasteiger partial charge < -0.3 is 27.4 Å². The number of hydrogen-bond donors (Lipinski definition) is 2. The highest BCUT2D eigenvalue weighted by atomic mass is 35.5. The molecular weight excluding hydrogens is 206 g/mol. The third kappa shape index (κ3) is 4.41. The summed E-state index contributed by atoms with van der Waals surface area (Å²) >= 11 is 0. The van der Waals surface area contributed by atoms with Crippen LogP contribution in [-0.2, 0) is 7.05 Å². The molecule has 5 heteroatoms. The zero-order chi connectivity index (χ0) is 9.68. The second kappa shape index (κ2) is 6.59. The first-order valence-electron chi connectivity index (χ1n) is 4.09. The van der Waals surface area contributed by atoms with Crippen LogP contribution in [0.15, 0.2) is 24.5 Å². The van der Waals surface area contributed by atoms with Crippen molar-refractivity contribution in [3.8, 4) is 5.75 Å². The summed E-state index contributed by atoms with van der Waals surface area (Å²) in [6.07, 6.45) is 2.88. The molecule has 0 saturated heterocycles. The van der Waals surface area contributed by atoms with Crippen LogP contribution in [0.2, 0.25) is 0 Å². The Morgan fingerprint density at radius 1 is 1.43 bits per heavy atom. The van der Waals surface area contributed by atoms with Crippen LogP contribution in [-0.4, -0.2) is 29.5 Å². The molecule has 1 aromatic rings. The summed E-state index contributed by atoms with van der Waals surface area (Å²) in [7, 11) is 1.91. The molecule has 1 unspecified atom stereocenters. The molecular formula is C9H14ClNO3. The van der Waals surface area contributed by atoms with Crippen LogP contribution >= 0.6 is 0 Å². The number of rotatable bonds is 4. The Balaban J connectivity index is 0.00000169. The van der Waals surface area contributed by atoms with Gasteiger partial charge in [-0.15, -0.1) is 0 Å². The summed E-state index contributed by atoms with van der Waals surface area (Å²) in [4.78, 5) is 0. The van der Waals surface area contributed by atoms with Crippen molar-refractivity contribution in [2.75, 3.05) is 13.2 Å². The van der Waals surface area contributed by atoms with Crippen LogP contribution in [0.4, 0.5) is 0 Å². The number of ether oxygens (including phenoxy) is 1. The fourth-order valence-electron chi connectivity index (χ4n) is 0.829. The lowest BCUT2D eigenvalue weighted by Gasteiger charge is -2.08. The van der Waals surface area contributed by atoms with Crippen LogP contribution in [0.1, 0.15) is 0 Å². The summed E-state index contributed by atoms with van der Waals surface area (Å²) in [5.74, 6) is 0.686. The van der Waals surface area contributed by atoms with Crippen molar-refractivity contribution in [2.45, 2.75) is 6.10 Å². The van der Waals surface area contributed by atoms with Crippen LogP contribution in [0.5, 0.6) is 5.75 Å². The van der Waals surface area contributed by atoms with Crippen molar-refractivity contribution in [3.63, 3.8) is 0 Å². The summed E-state index contributed by atoms with van der Waals surface area (Å²) in [5, 5.41) is 17.5. The van der Waals surface area contributed by atoms with Gasteiger partial charge in [0.2, 0.25) is 0 Å². The highest BCUT2D eigenvalue weighted by molar-refractivity contribution is 5.14. The maximum atomic E-state index is 8.99. The topological polar surface area (TPSA) is 53.6 Å². The minimum absolute atomic E-state index is 0. The molecule has 1 aromatic heterocycles. The highest BCUT2D eigenvalue weighted by Gasteiger charge is 2.03. The van der Waals surface area contributed by atoms with E-state index >= 15 is 0 Å². The summed E-state index contributed by atoms with van der Waals surface area (Å²) in [6, 6.07) is 3.59. The van der Waals surface area contributed by atoms with Crippen molar-refractivity contribution < 1.29 is 31.9 Å². The Bertz CT molecular complexity index is 253. The van der Waals surface area contributed by atoms with E-state index in [0.29, 0.717) is 5.75 Å². The lowest BCUT2D eigenvalue weighted by atomic mass is 10.4. The van der Waals surface area contributed by atoms with E-state index in [0.717, 1.165) is 0 Å². The van der Waals surface area contributed by atoms with Crippen LogP contribution in [0.25, 0.3) is 0 Å². The van der Waals surface area contributed by atoms with E-state index in [4.69, 9.17) is 14.9 Å². The number of aromatic nitrogens is 1. The molecule has 0 aliphatic rings. The summed E-state index contributed by atoms with van der Waals surface area (Å²) in [6.45, 7) is -0.162. The lowest BCUT2D eigenvalue weighted by molar-refractivity contribution is -0.671. The number of halogens is 1. The van der Waals surface area contributed by atoms with Gasteiger partial charge in [-0.3, -0.25) is 0 Å². The number of hydrogen-bond acceptors (Lipinski definition) is 3. The Morgan fingerprint density at radius 3 is 2.50 bits per heavy atom. The number of aryl methyl sites for hydroxylation is 1. The number of aliphatic hydroxyl groups excluding tert-OH is 2. The van der Waals surface area contributed by atoms with Gasteiger partial charge in [0, 0.05) is 12.1 Å². The normalized spacial score (nSPS) is 11.6. The van der Waals surface area contributed by atoms with Crippen LogP contribution < -0.4 is 21.7 Å². The predicted molar refractivity (Wildman–Crippen MR) is 46.2 cm³/mol. The van der Waals surface area contributed by atoms with E-state index in [1.165, 1.54) is 0 Å². The number of nitrogens with zero attached hydrogens (tertiary/aromatic N) is 1. The molecule has 0 bridgehead atoms. The van der Waals surface area contributed by atoms with E-state index in [2.05, 4.69) is 0 Å². The molecule has 0 radical (unpaired) electrons. The fourth-order valence-corrected chi connectivity index (χ4v) is 0.829. The second-order valence-electron chi connectivity index (χ2n) is 2.85. The van der Waals surface area contributed by atoms with Crippen LogP contribution in [0, 0.1) is 0 Å². The smallest absolute Gasteiger partial charge is 0.172 e. The molecule has 0 saturated carbocycles. The standard InChI is InChI=1S/C9H14NO3.ClH/c1-10-4-2-9(3-5-10)13-7-8(12)6-11;/h2-5,8,11-12H,6-7H2,1H3;1H/q+1;/p-1. The molecule has 0 fully saturated rings. The lowest BCUT2D eigenvalue weighted by Crippen LogP contribution is -3.00. The molecule has 14 heavy (non-hydrogen) atoms. The molecule has 80 valence electrons. The molecule has 0 aromatic carbocycles. The van der Waals surface area contributed by atoms with Crippen molar-refractivity contribution in [2.24, 2.45) is 7.05 Å². The molecule has 0 amide bonds. The summed E-state index contributed by atoms with van der Waals surface area (Å²) in [5.41, 5.74) is 0. The van der Waals surface area contributed by atoms with Gasteiger partial charge in [-0.05, 0) is 0 Å². The molecule has 1 rings (SSSR count). The minimum atomic E-state index is -0.811. The van der Waals surface area contributed by atoms with Gasteiger partial charge in [0.05, 0.1) is 6.61 Å². The Hall–Kier alpha value is -0.840. The van der Waals surface area contributed by atoms with Gasteiger partial charge in [-0.1, -0.05) is 0 Å². The Kier molecular flexibility index (Phi) is 6.19. The predicted octanol–water partition coefficient (Wildman–Crippen LogP) is -3.75. The molecule has 1 atom stereocenters. The molecule has 0 aliphatic heterocycles. The molecule has 4 nitrogen and oxygen atoms in total. The van der Waals surface area contributed by atoms with Crippen molar-refractivity contribution in [1.29, 1.82) is 0 Å². The maximum Gasteiger partial charge on any atom is 0.172 e. The zero-order valence-corrected chi connectivity index (χ0v) is 8.68. The highest BCUT2D eigenvalue weighted by Crippen LogP contribution is 2.05. The molecule has 0 spiro atoms. The number of pyridine rings is 1. The Morgan fingerprint density at radius 2 is 2.00 bits per heavy atom. The Labute approximate surface area is 89.2 Å². The minimum Gasteiger partial charge on any atom is -1.00 e. The SMILES string of the molecule is C[n+]1ccc(OCC(O)CO)cc1.[Cl-]. The average Bonchev–Trinajstić information content (AvgIpc) is 2.16. The van der Waals surface area contributed by atoms with Crippen LogP contribution in [0.3, 0.4) is 0 Å². The molecule has 2 N–H and O–H groups in total. The van der Waals surface area contributed by atoms with Gasteiger partial charge in [-0.2, -0.15) is 0 Å². The molecule has 1 heterocycles. The first-order chi connectivity index (χ1) is 6.22. The monoisotopic (exact) mass is 219 g/mol. The quantitative estimate of drug-likeness (QED) is 0.512. The first-order valence-corrected chi connectivity index (χ1v) is 4.09. The van der Waals surface area contributed by atoms with Gasteiger partial charge in [0.25, 0.3) is 0 Å².